The first-order valence-electron chi connectivity index (χ1n) is 4.82. The maximum Gasteiger partial charge on any atom is 0.330 e. The molecule has 0 aromatic carbocycles. The second-order valence-electron chi connectivity index (χ2n) is 3.51. The number of nitrogens with one attached hydrogen (secondary N) is 1. The average molecular weight is 244 g/mol. The molecule has 1 aromatic heterocycles. The number of aliphatic hydroxyl groups is 1. The van der Waals surface area contributed by atoms with Gasteiger partial charge in [0.2, 0.25) is 0 Å². The van der Waals surface area contributed by atoms with E-state index in [1.165, 1.54) is 22.5 Å². The minimum absolute atomic E-state index is 0.0851. The van der Waals surface area contributed by atoms with Crippen molar-refractivity contribution in [2.24, 2.45) is 0 Å². The molecule has 1 aliphatic heterocycles. The van der Waals surface area contributed by atoms with Gasteiger partial charge in [-0.3, -0.25) is 14.3 Å². The molecule has 16 heavy (non-hydrogen) atoms. The van der Waals surface area contributed by atoms with Gasteiger partial charge in [0, 0.05) is 17.5 Å². The van der Waals surface area contributed by atoms with Crippen LogP contribution in [0.3, 0.4) is 0 Å². The average Bonchev–Trinajstić information content (AvgIpc) is 2.71. The summed E-state index contributed by atoms with van der Waals surface area (Å²) >= 11 is 1.44. The predicted molar refractivity (Wildman–Crippen MR) is 59.5 cm³/mol. The molecule has 1 aliphatic rings. The Morgan fingerprint density at radius 3 is 3.06 bits per heavy atom. The molecule has 0 spiro atoms. The summed E-state index contributed by atoms with van der Waals surface area (Å²) in [5, 5.41) is 8.91. The van der Waals surface area contributed by atoms with Crippen LogP contribution in [0.5, 0.6) is 0 Å². The summed E-state index contributed by atoms with van der Waals surface area (Å²) in [6.45, 7) is 1.54. The maximum atomic E-state index is 11.5. The third kappa shape index (κ3) is 2.06. The first-order valence-corrected chi connectivity index (χ1v) is 5.86. The molecule has 0 aliphatic carbocycles. The molecule has 0 unspecified atom stereocenters. The summed E-state index contributed by atoms with van der Waals surface area (Å²) < 4.78 is 6.77. The zero-order valence-electron chi connectivity index (χ0n) is 8.67. The van der Waals surface area contributed by atoms with Crippen molar-refractivity contribution in [3.05, 3.63) is 32.6 Å². The normalized spacial score (nSPS) is 24.9. The van der Waals surface area contributed by atoms with Gasteiger partial charge < -0.3 is 9.84 Å². The highest BCUT2D eigenvalue weighted by Crippen LogP contribution is 2.30. The zero-order chi connectivity index (χ0) is 11.7. The van der Waals surface area contributed by atoms with Gasteiger partial charge in [-0.05, 0) is 6.92 Å². The lowest BCUT2D eigenvalue weighted by molar-refractivity contribution is -0.00650. The highest BCUT2D eigenvalue weighted by Gasteiger charge is 2.27. The fourth-order valence-corrected chi connectivity index (χ4v) is 2.42. The minimum atomic E-state index is -0.486. The summed E-state index contributed by atoms with van der Waals surface area (Å²) in [5.41, 5.74) is -0.713. The van der Waals surface area contributed by atoms with Crippen LogP contribution in [0.1, 0.15) is 11.8 Å². The largest absolute Gasteiger partial charge is 0.393 e. The molecule has 0 saturated carbocycles. The molecule has 2 heterocycles. The van der Waals surface area contributed by atoms with Crippen molar-refractivity contribution in [1.29, 1.82) is 0 Å². The lowest BCUT2D eigenvalue weighted by atomic mass is 10.4. The van der Waals surface area contributed by atoms with E-state index in [-0.39, 0.29) is 17.6 Å². The van der Waals surface area contributed by atoms with E-state index in [0.29, 0.717) is 11.3 Å². The van der Waals surface area contributed by atoms with Gasteiger partial charge in [-0.1, -0.05) is 0 Å². The molecule has 6 nitrogen and oxygen atoms in total. The highest BCUT2D eigenvalue weighted by molar-refractivity contribution is 8.00. The second-order valence-corrected chi connectivity index (χ2v) is 4.71. The summed E-state index contributed by atoms with van der Waals surface area (Å²) in [7, 11) is 0. The number of aliphatic hydroxyl groups excluding tert-OH is 1. The van der Waals surface area contributed by atoms with Crippen LogP contribution >= 0.6 is 11.8 Å². The van der Waals surface area contributed by atoms with Crippen molar-refractivity contribution < 1.29 is 9.84 Å². The van der Waals surface area contributed by atoms with E-state index in [1.807, 2.05) is 0 Å². The number of rotatable bonds is 2. The van der Waals surface area contributed by atoms with Crippen molar-refractivity contribution in [3.8, 4) is 0 Å². The van der Waals surface area contributed by atoms with Crippen LogP contribution in [0.4, 0.5) is 0 Å². The Morgan fingerprint density at radius 1 is 1.69 bits per heavy atom. The summed E-state index contributed by atoms with van der Waals surface area (Å²) in [6, 6.07) is 0. The number of thioether (sulfide) groups is 1. The van der Waals surface area contributed by atoms with Crippen LogP contribution in [-0.2, 0) is 4.74 Å². The van der Waals surface area contributed by atoms with E-state index < -0.39 is 11.9 Å². The van der Waals surface area contributed by atoms with Crippen molar-refractivity contribution in [3.63, 3.8) is 0 Å². The summed E-state index contributed by atoms with van der Waals surface area (Å²) in [6.07, 6.45) is 1.05. The van der Waals surface area contributed by atoms with Gasteiger partial charge in [0.1, 0.15) is 11.7 Å². The zero-order valence-corrected chi connectivity index (χ0v) is 9.49. The van der Waals surface area contributed by atoms with E-state index in [1.54, 1.807) is 6.92 Å². The lowest BCUT2D eigenvalue weighted by Crippen LogP contribution is -2.34. The number of hydrogen-bond acceptors (Lipinski definition) is 5. The second kappa shape index (κ2) is 4.44. The van der Waals surface area contributed by atoms with Gasteiger partial charge >= 0.3 is 5.69 Å². The van der Waals surface area contributed by atoms with E-state index in [9.17, 15) is 9.59 Å². The molecule has 2 rings (SSSR count). The number of aromatic amines is 1. The van der Waals surface area contributed by atoms with Gasteiger partial charge in [-0.25, -0.2) is 4.79 Å². The van der Waals surface area contributed by atoms with Crippen LogP contribution in [0.25, 0.3) is 0 Å². The van der Waals surface area contributed by atoms with E-state index in [0.717, 1.165) is 0 Å². The highest BCUT2D eigenvalue weighted by atomic mass is 32.2. The quantitative estimate of drug-likeness (QED) is 0.727. The molecule has 0 bridgehead atoms. The van der Waals surface area contributed by atoms with Crippen molar-refractivity contribution in [1.82, 2.24) is 9.55 Å². The van der Waals surface area contributed by atoms with Gasteiger partial charge in [-0.15, -0.1) is 11.8 Å². The molecule has 1 aromatic rings. The predicted octanol–water partition coefficient (Wildman–Crippen LogP) is -0.575. The number of aryl methyl sites for hydroxylation is 1. The summed E-state index contributed by atoms with van der Waals surface area (Å²) in [4.78, 5) is 24.9. The van der Waals surface area contributed by atoms with Crippen LogP contribution in [0.2, 0.25) is 0 Å². The van der Waals surface area contributed by atoms with Gasteiger partial charge in [0.15, 0.2) is 0 Å². The lowest BCUT2D eigenvalue weighted by Gasteiger charge is -2.13. The molecule has 7 heteroatoms. The maximum absolute atomic E-state index is 11.5. The SMILES string of the molecule is Cc1cn([C@H]2CS[C@@H](CO)O2)c(=O)[nH]c1=O. The topological polar surface area (TPSA) is 84.3 Å². The number of hydrogen-bond donors (Lipinski definition) is 2. The molecule has 1 saturated heterocycles. The van der Waals surface area contributed by atoms with E-state index in [2.05, 4.69) is 4.98 Å². The van der Waals surface area contributed by atoms with E-state index in [4.69, 9.17) is 9.84 Å². The first kappa shape index (κ1) is 11.4. The molecule has 0 amide bonds. The van der Waals surface area contributed by atoms with Gasteiger partial charge in [-0.2, -0.15) is 0 Å². The third-order valence-electron chi connectivity index (χ3n) is 2.34. The molecule has 88 valence electrons. The van der Waals surface area contributed by atoms with Crippen molar-refractivity contribution >= 4 is 11.8 Å². The Balaban J connectivity index is 2.32. The van der Waals surface area contributed by atoms with Crippen molar-refractivity contribution in [2.75, 3.05) is 12.4 Å². The Labute approximate surface area is 95.3 Å². The monoisotopic (exact) mass is 244 g/mol. The third-order valence-corrected chi connectivity index (χ3v) is 3.45. The molecular weight excluding hydrogens is 232 g/mol. The molecule has 2 atom stereocenters. The van der Waals surface area contributed by atoms with E-state index >= 15 is 0 Å². The Morgan fingerprint density at radius 2 is 2.44 bits per heavy atom. The number of nitrogens with zero attached hydrogens (tertiary/aromatic N) is 1. The number of H-pyrrole nitrogens is 1. The molecule has 1 fully saturated rings. The first-order chi connectivity index (χ1) is 7.61. The number of ether oxygens (including phenoxy) is 1. The van der Waals surface area contributed by atoms with Crippen LogP contribution in [0, 0.1) is 6.92 Å². The Kier molecular flexibility index (Phi) is 3.17. The van der Waals surface area contributed by atoms with Crippen LogP contribution in [-0.4, -0.2) is 32.5 Å². The van der Waals surface area contributed by atoms with Crippen molar-refractivity contribution in [2.45, 2.75) is 18.6 Å². The Hall–Kier alpha value is -1.05. The van der Waals surface area contributed by atoms with Gasteiger partial charge in [0.05, 0.1) is 6.61 Å². The fourth-order valence-electron chi connectivity index (χ4n) is 1.49. The van der Waals surface area contributed by atoms with Gasteiger partial charge in [0.25, 0.3) is 5.56 Å². The Bertz CT molecular complexity index is 495. The minimum Gasteiger partial charge on any atom is -0.393 e. The smallest absolute Gasteiger partial charge is 0.330 e. The standard InChI is InChI=1S/C9H12N2O4S/c1-5-2-11(9(14)10-8(5)13)6-4-16-7(3-12)15-6/h2,6-7,12H,3-4H2,1H3,(H,10,13,14)/t6-,7+/m1/s1. The summed E-state index contributed by atoms with van der Waals surface area (Å²) in [5.74, 6) is 0.580. The molecule has 2 N–H and O–H groups in total. The van der Waals surface area contributed by atoms with Crippen LogP contribution in [0.15, 0.2) is 15.8 Å². The molecular formula is C9H12N2O4S. The number of aromatic nitrogens is 2. The van der Waals surface area contributed by atoms with Crippen LogP contribution < -0.4 is 11.2 Å². The fraction of sp³-hybridized carbons (Fsp3) is 0.556. The molecule has 0 radical (unpaired) electrons.